The number of fused-ring (bicyclic) bond motifs is 1. The Morgan fingerprint density at radius 1 is 1.23 bits per heavy atom. The number of carbonyl (C=O) groups is 2. The van der Waals surface area contributed by atoms with Gasteiger partial charge in [-0.15, -0.1) is 11.8 Å². The van der Waals surface area contributed by atoms with Gasteiger partial charge in [-0.1, -0.05) is 44.2 Å². The topological polar surface area (TPSA) is 79.2 Å². The largest absolute Gasteiger partial charge is 0.455 e. The average molecular weight is 370 g/mol. The van der Waals surface area contributed by atoms with Gasteiger partial charge in [-0.3, -0.25) is 9.59 Å². The van der Waals surface area contributed by atoms with Crippen molar-refractivity contribution in [2.24, 2.45) is 5.92 Å². The Labute approximate surface area is 157 Å². The molecule has 1 amide bonds. The van der Waals surface area contributed by atoms with Crippen molar-refractivity contribution in [2.45, 2.75) is 31.2 Å². The first-order valence-corrected chi connectivity index (χ1v) is 9.32. The summed E-state index contributed by atoms with van der Waals surface area (Å²) in [6, 6.07) is 16.0. The van der Waals surface area contributed by atoms with Gasteiger partial charge in [0.05, 0.1) is 11.8 Å². The van der Waals surface area contributed by atoms with E-state index in [-0.39, 0.29) is 18.3 Å². The van der Waals surface area contributed by atoms with Gasteiger partial charge in [0.25, 0.3) is 5.91 Å². The number of hydrogen-bond donors (Lipinski definition) is 1. The second-order valence-electron chi connectivity index (χ2n) is 6.48. The predicted molar refractivity (Wildman–Crippen MR) is 103 cm³/mol. The van der Waals surface area contributed by atoms with E-state index in [4.69, 9.17) is 4.74 Å². The highest BCUT2D eigenvalue weighted by molar-refractivity contribution is 8.00. The minimum atomic E-state index is -0.983. The lowest BCUT2D eigenvalue weighted by molar-refractivity contribution is -0.146. The van der Waals surface area contributed by atoms with Crippen LogP contribution in [0.1, 0.15) is 20.8 Å². The summed E-state index contributed by atoms with van der Waals surface area (Å²) in [5.74, 6) is -0.894. The fourth-order valence-electron chi connectivity index (χ4n) is 2.21. The molecule has 0 unspecified atom stereocenters. The monoisotopic (exact) mass is 370 g/mol. The van der Waals surface area contributed by atoms with Crippen LogP contribution in [0, 0.1) is 17.2 Å². The number of ether oxygens (including phenoxy) is 1. The summed E-state index contributed by atoms with van der Waals surface area (Å²) in [4.78, 5) is 24.7. The molecular weight excluding hydrogens is 348 g/mol. The minimum Gasteiger partial charge on any atom is -0.455 e. The molecular formula is C20H22N2O3S. The molecule has 0 radical (unpaired) electrons. The van der Waals surface area contributed by atoms with Crippen LogP contribution in [0.25, 0.3) is 10.8 Å². The first-order valence-electron chi connectivity index (χ1n) is 8.33. The zero-order valence-corrected chi connectivity index (χ0v) is 15.9. The number of thioether (sulfide) groups is 1. The lowest BCUT2D eigenvalue weighted by Gasteiger charge is -2.27. The molecule has 26 heavy (non-hydrogen) atoms. The maximum atomic E-state index is 11.9. The molecule has 5 nitrogen and oxygen atoms in total. The van der Waals surface area contributed by atoms with Crippen molar-refractivity contribution >= 4 is 34.4 Å². The van der Waals surface area contributed by atoms with Crippen LogP contribution >= 0.6 is 11.8 Å². The van der Waals surface area contributed by atoms with E-state index in [9.17, 15) is 14.9 Å². The van der Waals surface area contributed by atoms with Crippen molar-refractivity contribution in [1.82, 2.24) is 5.32 Å². The molecule has 2 rings (SSSR count). The molecule has 6 heteroatoms. The summed E-state index contributed by atoms with van der Waals surface area (Å²) < 4.78 is 5.00. The van der Waals surface area contributed by atoms with Gasteiger partial charge in [-0.05, 0) is 35.7 Å². The first kappa shape index (κ1) is 19.8. The average Bonchev–Trinajstić information content (AvgIpc) is 2.64. The van der Waals surface area contributed by atoms with Crippen LogP contribution in [0.3, 0.4) is 0 Å². The zero-order valence-electron chi connectivity index (χ0n) is 15.1. The Bertz CT molecular complexity index is 844. The highest BCUT2D eigenvalue weighted by atomic mass is 32.2. The smallest absolute Gasteiger partial charge is 0.316 e. The van der Waals surface area contributed by atoms with E-state index in [1.807, 2.05) is 56.3 Å². The fourth-order valence-corrected chi connectivity index (χ4v) is 2.96. The van der Waals surface area contributed by atoms with Gasteiger partial charge in [0.1, 0.15) is 5.54 Å². The molecule has 0 aliphatic heterocycles. The standard InChI is InChI=1S/C20H22N2O3S/c1-14(2)20(3,13-21)22-18(23)11-25-19(24)12-26-17-9-8-15-6-4-5-7-16(15)10-17/h4-10,14H,11-12H2,1-3H3,(H,22,23)/t20-/m0/s1. The molecule has 0 fully saturated rings. The second-order valence-corrected chi connectivity index (χ2v) is 7.52. The van der Waals surface area contributed by atoms with Crippen molar-refractivity contribution in [3.63, 3.8) is 0 Å². The normalized spacial score (nSPS) is 13.0. The molecule has 0 aromatic heterocycles. The maximum absolute atomic E-state index is 11.9. The lowest BCUT2D eigenvalue weighted by atomic mass is 9.90. The quantitative estimate of drug-likeness (QED) is 0.596. The molecule has 0 aliphatic carbocycles. The summed E-state index contributed by atoms with van der Waals surface area (Å²) in [6.07, 6.45) is 0. The molecule has 0 heterocycles. The van der Waals surface area contributed by atoms with E-state index in [1.54, 1.807) is 6.92 Å². The number of esters is 1. The molecule has 1 N–H and O–H groups in total. The van der Waals surface area contributed by atoms with Crippen LogP contribution in [0.4, 0.5) is 0 Å². The number of nitrogens with zero attached hydrogens (tertiary/aromatic N) is 1. The van der Waals surface area contributed by atoms with Crippen molar-refractivity contribution < 1.29 is 14.3 Å². The summed E-state index contributed by atoms with van der Waals surface area (Å²) in [5.41, 5.74) is -0.983. The van der Waals surface area contributed by atoms with Crippen LogP contribution in [-0.2, 0) is 14.3 Å². The van der Waals surface area contributed by atoms with Gasteiger partial charge < -0.3 is 10.1 Å². The Morgan fingerprint density at radius 3 is 2.58 bits per heavy atom. The van der Waals surface area contributed by atoms with E-state index in [2.05, 4.69) is 11.4 Å². The Balaban J connectivity index is 1.81. The molecule has 0 saturated carbocycles. The van der Waals surface area contributed by atoms with Crippen LogP contribution in [-0.4, -0.2) is 29.8 Å². The maximum Gasteiger partial charge on any atom is 0.316 e. The summed E-state index contributed by atoms with van der Waals surface area (Å²) in [7, 11) is 0. The lowest BCUT2D eigenvalue weighted by Crippen LogP contribution is -2.50. The Kier molecular flexibility index (Phi) is 6.64. The molecule has 136 valence electrons. The number of rotatable bonds is 7. The molecule has 0 bridgehead atoms. The number of carbonyl (C=O) groups excluding carboxylic acids is 2. The van der Waals surface area contributed by atoms with E-state index in [1.165, 1.54) is 11.8 Å². The number of benzene rings is 2. The van der Waals surface area contributed by atoms with Gasteiger partial charge in [-0.2, -0.15) is 5.26 Å². The molecule has 1 atom stereocenters. The van der Waals surface area contributed by atoms with Crippen molar-refractivity contribution in [3.8, 4) is 6.07 Å². The SMILES string of the molecule is CC(C)[C@](C)(C#N)NC(=O)COC(=O)CSc1ccc2ccccc2c1. The van der Waals surface area contributed by atoms with E-state index in [0.717, 1.165) is 15.7 Å². The van der Waals surface area contributed by atoms with Crippen LogP contribution < -0.4 is 5.32 Å². The number of nitriles is 1. The third-order valence-corrected chi connectivity index (χ3v) is 5.20. The van der Waals surface area contributed by atoms with E-state index in [0.29, 0.717) is 0 Å². The van der Waals surface area contributed by atoms with Crippen molar-refractivity contribution in [1.29, 1.82) is 5.26 Å². The van der Waals surface area contributed by atoms with Crippen LogP contribution in [0.2, 0.25) is 0 Å². The molecule has 0 spiro atoms. The molecule has 0 aliphatic rings. The number of amides is 1. The Morgan fingerprint density at radius 2 is 1.92 bits per heavy atom. The second kappa shape index (κ2) is 8.72. The Hall–Kier alpha value is -2.52. The first-order chi connectivity index (χ1) is 12.3. The molecule has 0 saturated heterocycles. The van der Waals surface area contributed by atoms with E-state index >= 15 is 0 Å². The molecule has 2 aromatic rings. The number of hydrogen-bond acceptors (Lipinski definition) is 5. The van der Waals surface area contributed by atoms with E-state index < -0.39 is 17.4 Å². The van der Waals surface area contributed by atoms with Gasteiger partial charge >= 0.3 is 5.97 Å². The van der Waals surface area contributed by atoms with Crippen LogP contribution in [0.5, 0.6) is 0 Å². The summed E-state index contributed by atoms with van der Waals surface area (Å²) in [6.45, 7) is 4.94. The highest BCUT2D eigenvalue weighted by Gasteiger charge is 2.30. The third-order valence-electron chi connectivity index (χ3n) is 4.23. The highest BCUT2D eigenvalue weighted by Crippen LogP contribution is 2.23. The fraction of sp³-hybridized carbons (Fsp3) is 0.350. The summed E-state index contributed by atoms with van der Waals surface area (Å²) in [5, 5.41) is 14.0. The summed E-state index contributed by atoms with van der Waals surface area (Å²) >= 11 is 1.36. The van der Waals surface area contributed by atoms with Crippen molar-refractivity contribution in [2.75, 3.05) is 12.4 Å². The van der Waals surface area contributed by atoms with Crippen molar-refractivity contribution in [3.05, 3.63) is 42.5 Å². The number of nitrogens with one attached hydrogen (secondary N) is 1. The van der Waals surface area contributed by atoms with Gasteiger partial charge in [0, 0.05) is 4.90 Å². The van der Waals surface area contributed by atoms with Gasteiger partial charge in [0.15, 0.2) is 6.61 Å². The molecule has 2 aromatic carbocycles. The zero-order chi connectivity index (χ0) is 19.2. The van der Waals surface area contributed by atoms with Gasteiger partial charge in [0.2, 0.25) is 0 Å². The minimum absolute atomic E-state index is 0.0596. The predicted octanol–water partition coefficient (Wildman–Crippen LogP) is 3.53. The van der Waals surface area contributed by atoms with Crippen LogP contribution in [0.15, 0.2) is 47.4 Å². The van der Waals surface area contributed by atoms with Gasteiger partial charge in [-0.25, -0.2) is 0 Å². The third kappa shape index (κ3) is 5.24.